The molecule has 10 heteroatoms. The Morgan fingerprint density at radius 3 is 2.40 bits per heavy atom. The molecule has 0 bridgehead atoms. The van der Waals surface area contributed by atoms with Crippen LogP contribution >= 0.6 is 11.6 Å². The van der Waals surface area contributed by atoms with Crippen LogP contribution in [0.3, 0.4) is 0 Å². The van der Waals surface area contributed by atoms with Gasteiger partial charge in [-0.15, -0.1) is 0 Å². The van der Waals surface area contributed by atoms with Crippen LogP contribution in [0.5, 0.6) is 0 Å². The quantitative estimate of drug-likeness (QED) is 0.811. The minimum absolute atomic E-state index is 0.161. The molecule has 0 aliphatic heterocycles. The molecule has 0 heterocycles. The fourth-order valence-corrected chi connectivity index (χ4v) is 2.81. The lowest BCUT2D eigenvalue weighted by atomic mass is 10.2. The second kappa shape index (κ2) is 6.25. The second-order valence-corrected chi connectivity index (χ2v) is 5.97. The van der Waals surface area contributed by atoms with Crippen molar-refractivity contribution in [3.63, 3.8) is 0 Å². The highest BCUT2D eigenvalue weighted by Gasteiger charge is 2.28. The van der Waals surface area contributed by atoms with Gasteiger partial charge in [0.15, 0.2) is 0 Å². The summed E-state index contributed by atoms with van der Waals surface area (Å²) in [5, 5.41) is 8.69. The van der Waals surface area contributed by atoms with Gasteiger partial charge in [-0.25, -0.2) is 17.5 Å². The maximum atomic E-state index is 13.7. The van der Waals surface area contributed by atoms with Crippen LogP contribution < -0.4 is 4.72 Å². The van der Waals surface area contributed by atoms with Crippen LogP contribution in [-0.4, -0.2) is 26.2 Å². The summed E-state index contributed by atoms with van der Waals surface area (Å²) in [7, 11) is -4.49. The summed E-state index contributed by atoms with van der Waals surface area (Å²) in [6.45, 7) is -1.72. The van der Waals surface area contributed by atoms with E-state index in [0.29, 0.717) is 0 Å². The predicted molar refractivity (Wildman–Crippen MR) is 63.2 cm³/mol. The molecule has 2 N–H and O–H groups in total. The molecular formula is C10H10ClF4NO3S. The lowest BCUT2D eigenvalue weighted by molar-refractivity contribution is -0.132. The fraction of sp³-hybridized carbons (Fsp3) is 0.400. The zero-order valence-corrected chi connectivity index (χ0v) is 11.4. The number of sulfonamides is 1. The molecule has 0 unspecified atom stereocenters. The number of nitrogens with one attached hydrogen (secondary N) is 1. The standard InChI is InChI=1S/C10H10ClF4NO3S/c11-7-3-6(5-17)9(12)8(4-7)20(18,19)16-2-1-10(13,14)15/h3-4,16-17H,1-2,5H2. The Kier molecular flexibility index (Phi) is 5.36. The molecule has 114 valence electrons. The van der Waals surface area contributed by atoms with Gasteiger partial charge in [-0.05, 0) is 12.1 Å². The predicted octanol–water partition coefficient (Wildman–Crippen LogP) is 2.20. The van der Waals surface area contributed by atoms with E-state index >= 15 is 0 Å². The lowest BCUT2D eigenvalue weighted by Crippen LogP contribution is -2.29. The molecule has 0 radical (unpaired) electrons. The maximum absolute atomic E-state index is 13.7. The van der Waals surface area contributed by atoms with E-state index in [9.17, 15) is 26.0 Å². The molecule has 0 saturated carbocycles. The number of aliphatic hydroxyl groups is 1. The van der Waals surface area contributed by atoms with Crippen molar-refractivity contribution in [3.8, 4) is 0 Å². The summed E-state index contributed by atoms with van der Waals surface area (Å²) in [6, 6.07) is 1.78. The molecule has 0 saturated heterocycles. The van der Waals surface area contributed by atoms with Crippen LogP contribution in [0, 0.1) is 5.82 Å². The first-order valence-corrected chi connectivity index (χ1v) is 7.08. The Morgan fingerprint density at radius 1 is 1.30 bits per heavy atom. The molecule has 0 amide bonds. The van der Waals surface area contributed by atoms with Gasteiger partial charge in [0, 0.05) is 17.1 Å². The molecule has 0 aliphatic carbocycles. The van der Waals surface area contributed by atoms with Crippen molar-refractivity contribution in [2.45, 2.75) is 24.1 Å². The van der Waals surface area contributed by atoms with Crippen molar-refractivity contribution in [3.05, 3.63) is 28.5 Å². The Morgan fingerprint density at radius 2 is 1.90 bits per heavy atom. The number of alkyl halides is 3. The van der Waals surface area contributed by atoms with Crippen molar-refractivity contribution in [2.24, 2.45) is 0 Å². The Labute approximate surface area is 117 Å². The Balaban J connectivity index is 3.01. The molecule has 1 aromatic carbocycles. The van der Waals surface area contributed by atoms with E-state index in [1.807, 2.05) is 0 Å². The van der Waals surface area contributed by atoms with E-state index in [2.05, 4.69) is 0 Å². The minimum atomic E-state index is -4.54. The number of hydrogen-bond acceptors (Lipinski definition) is 3. The highest BCUT2D eigenvalue weighted by Crippen LogP contribution is 2.24. The SMILES string of the molecule is O=S(=O)(NCCC(F)(F)F)c1cc(Cl)cc(CO)c1F. The first kappa shape index (κ1) is 17.2. The molecule has 0 atom stereocenters. The van der Waals surface area contributed by atoms with E-state index in [-0.39, 0.29) is 10.6 Å². The third-order valence-corrected chi connectivity index (χ3v) is 3.92. The number of hydrogen-bond donors (Lipinski definition) is 2. The molecule has 0 aliphatic rings. The molecule has 1 aromatic rings. The molecule has 4 nitrogen and oxygen atoms in total. The number of aliphatic hydroxyl groups excluding tert-OH is 1. The van der Waals surface area contributed by atoms with Crippen LogP contribution in [0.1, 0.15) is 12.0 Å². The van der Waals surface area contributed by atoms with Gasteiger partial charge in [-0.1, -0.05) is 11.6 Å². The average Bonchev–Trinajstić information content (AvgIpc) is 2.29. The van der Waals surface area contributed by atoms with Crippen molar-refractivity contribution < 1.29 is 31.1 Å². The highest BCUT2D eigenvalue weighted by molar-refractivity contribution is 7.89. The summed E-state index contributed by atoms with van der Waals surface area (Å²) in [5.74, 6) is -1.25. The molecular weight excluding hydrogens is 326 g/mol. The van der Waals surface area contributed by atoms with Gasteiger partial charge in [0.25, 0.3) is 0 Å². The van der Waals surface area contributed by atoms with Gasteiger partial charge in [-0.3, -0.25) is 0 Å². The molecule has 1 rings (SSSR count). The Hall–Kier alpha value is -0.900. The van der Waals surface area contributed by atoms with Crippen LogP contribution in [0.25, 0.3) is 0 Å². The number of benzene rings is 1. The van der Waals surface area contributed by atoms with E-state index < -0.39 is 46.5 Å². The topological polar surface area (TPSA) is 66.4 Å². The summed E-state index contributed by atoms with van der Waals surface area (Å²) in [6.07, 6.45) is -5.92. The van der Waals surface area contributed by atoms with Crippen molar-refractivity contribution in [2.75, 3.05) is 6.54 Å². The summed E-state index contributed by atoms with van der Waals surface area (Å²) >= 11 is 5.56. The zero-order chi connectivity index (χ0) is 15.6. The van der Waals surface area contributed by atoms with Gasteiger partial charge in [0.1, 0.15) is 10.7 Å². The number of rotatable bonds is 5. The van der Waals surface area contributed by atoms with Crippen molar-refractivity contribution in [1.82, 2.24) is 4.72 Å². The summed E-state index contributed by atoms with van der Waals surface area (Å²) < 4.78 is 74.6. The molecule has 20 heavy (non-hydrogen) atoms. The van der Waals surface area contributed by atoms with E-state index in [1.165, 1.54) is 0 Å². The summed E-state index contributed by atoms with van der Waals surface area (Å²) in [4.78, 5) is -0.906. The summed E-state index contributed by atoms with van der Waals surface area (Å²) in [5.41, 5.74) is -0.367. The highest BCUT2D eigenvalue weighted by atomic mass is 35.5. The smallest absolute Gasteiger partial charge is 0.390 e. The van der Waals surface area contributed by atoms with E-state index in [0.717, 1.165) is 12.1 Å². The first-order chi connectivity index (χ1) is 9.07. The van der Waals surface area contributed by atoms with Crippen molar-refractivity contribution >= 4 is 21.6 Å². The Bertz CT molecular complexity index is 589. The third kappa shape index (κ3) is 4.58. The van der Waals surface area contributed by atoms with Crippen LogP contribution in [0.2, 0.25) is 5.02 Å². The van der Waals surface area contributed by atoms with Gasteiger partial charge in [-0.2, -0.15) is 13.2 Å². The zero-order valence-electron chi connectivity index (χ0n) is 9.84. The fourth-order valence-electron chi connectivity index (χ4n) is 1.33. The third-order valence-electron chi connectivity index (χ3n) is 2.24. The maximum Gasteiger partial charge on any atom is 0.390 e. The van der Waals surface area contributed by atoms with E-state index in [4.69, 9.17) is 16.7 Å². The first-order valence-electron chi connectivity index (χ1n) is 5.22. The minimum Gasteiger partial charge on any atom is -0.392 e. The van der Waals surface area contributed by atoms with Crippen LogP contribution in [0.15, 0.2) is 17.0 Å². The number of halogens is 5. The van der Waals surface area contributed by atoms with Gasteiger partial charge in [0.2, 0.25) is 10.0 Å². The van der Waals surface area contributed by atoms with Gasteiger partial charge >= 0.3 is 6.18 Å². The monoisotopic (exact) mass is 335 g/mol. The average molecular weight is 336 g/mol. The van der Waals surface area contributed by atoms with E-state index in [1.54, 1.807) is 4.72 Å². The van der Waals surface area contributed by atoms with Crippen LogP contribution in [0.4, 0.5) is 17.6 Å². The molecule has 0 fully saturated rings. The lowest BCUT2D eigenvalue weighted by Gasteiger charge is -2.11. The molecule has 0 aromatic heterocycles. The molecule has 0 spiro atoms. The largest absolute Gasteiger partial charge is 0.392 e. The van der Waals surface area contributed by atoms with Crippen molar-refractivity contribution in [1.29, 1.82) is 0 Å². The van der Waals surface area contributed by atoms with Gasteiger partial charge < -0.3 is 5.11 Å². The van der Waals surface area contributed by atoms with Crippen LogP contribution in [-0.2, 0) is 16.6 Å². The normalized spacial score (nSPS) is 12.7. The second-order valence-electron chi connectivity index (χ2n) is 3.80. The van der Waals surface area contributed by atoms with Gasteiger partial charge in [0.05, 0.1) is 13.0 Å².